The molecule has 3 rings (SSSR count). The summed E-state index contributed by atoms with van der Waals surface area (Å²) in [5.41, 5.74) is 1.52. The molecule has 2 nitrogen and oxygen atoms in total. The smallest absolute Gasteiger partial charge is 0.0120 e. The minimum absolute atomic E-state index is 0.734. The Bertz CT molecular complexity index is 397. The number of rotatable bonds is 3. The molecule has 0 spiro atoms. The summed E-state index contributed by atoms with van der Waals surface area (Å²) in [6.07, 6.45) is 3.95. The number of likely N-dealkylation sites (tertiary alicyclic amines) is 1. The third-order valence-corrected chi connectivity index (χ3v) is 4.97. The van der Waals surface area contributed by atoms with Crippen LogP contribution in [0.25, 0.3) is 0 Å². The first-order valence-electron chi connectivity index (χ1n) is 7.72. The summed E-state index contributed by atoms with van der Waals surface area (Å²) in [5.74, 6) is 1.58. The Morgan fingerprint density at radius 3 is 2.58 bits per heavy atom. The van der Waals surface area contributed by atoms with Crippen LogP contribution in [0, 0.1) is 5.92 Å². The number of piperidine rings is 1. The molecular weight excluding hydrogens is 232 g/mol. The molecule has 2 aliphatic rings. The highest BCUT2D eigenvalue weighted by molar-refractivity contribution is 5.22. The molecule has 0 radical (unpaired) electrons. The highest BCUT2D eigenvalue weighted by Crippen LogP contribution is 2.37. The lowest BCUT2D eigenvalue weighted by Crippen LogP contribution is -2.53. The van der Waals surface area contributed by atoms with E-state index in [4.69, 9.17) is 0 Å². The Hall–Kier alpha value is -0.860. The number of hydrogen-bond acceptors (Lipinski definition) is 2. The second kappa shape index (κ2) is 5.64. The summed E-state index contributed by atoms with van der Waals surface area (Å²) in [6, 6.07) is 12.5. The molecule has 0 amide bonds. The molecule has 1 aliphatic heterocycles. The predicted octanol–water partition coefficient (Wildman–Crippen LogP) is 2.86. The van der Waals surface area contributed by atoms with Crippen molar-refractivity contribution in [3.05, 3.63) is 35.9 Å². The van der Waals surface area contributed by atoms with Crippen LogP contribution in [0.15, 0.2) is 30.3 Å². The van der Waals surface area contributed by atoms with Crippen LogP contribution in [0.2, 0.25) is 0 Å². The Kier molecular flexibility index (Phi) is 3.90. The summed E-state index contributed by atoms with van der Waals surface area (Å²) in [5, 5.41) is 3.90. The van der Waals surface area contributed by atoms with E-state index in [2.05, 4.69) is 54.5 Å². The average molecular weight is 258 g/mol. The second-order valence-electron chi connectivity index (χ2n) is 6.58. The van der Waals surface area contributed by atoms with Gasteiger partial charge >= 0.3 is 0 Å². The van der Waals surface area contributed by atoms with Crippen LogP contribution in [-0.4, -0.2) is 37.1 Å². The van der Waals surface area contributed by atoms with Gasteiger partial charge in [0.15, 0.2) is 0 Å². The maximum atomic E-state index is 3.90. The van der Waals surface area contributed by atoms with E-state index in [1.807, 2.05) is 0 Å². The van der Waals surface area contributed by atoms with Crippen molar-refractivity contribution in [2.45, 2.75) is 44.2 Å². The molecular formula is C17H26N2. The maximum Gasteiger partial charge on any atom is 0.0120 e. The molecule has 1 N–H and O–H groups in total. The van der Waals surface area contributed by atoms with E-state index in [0.29, 0.717) is 0 Å². The largest absolute Gasteiger partial charge is 0.311 e. The molecule has 2 atom stereocenters. The minimum atomic E-state index is 0.734. The van der Waals surface area contributed by atoms with Crippen molar-refractivity contribution >= 4 is 0 Å². The zero-order chi connectivity index (χ0) is 13.2. The fourth-order valence-electron chi connectivity index (χ4n) is 3.66. The molecule has 1 heterocycles. The van der Waals surface area contributed by atoms with Gasteiger partial charge in [0.25, 0.3) is 0 Å². The van der Waals surface area contributed by atoms with Crippen LogP contribution < -0.4 is 5.32 Å². The summed E-state index contributed by atoms with van der Waals surface area (Å²) in [4.78, 5) is 2.45. The van der Waals surface area contributed by atoms with Crippen LogP contribution >= 0.6 is 0 Å². The van der Waals surface area contributed by atoms with Gasteiger partial charge in [0.1, 0.15) is 0 Å². The standard InChI is InChI=1S/C17H26N2/c1-13-12-19(2)9-8-17(13)18-16-10-15(11-16)14-6-4-3-5-7-14/h3-7,13,15-18H,8-12H2,1-2H3. The quantitative estimate of drug-likeness (QED) is 0.897. The molecule has 2 heteroatoms. The molecule has 19 heavy (non-hydrogen) atoms. The van der Waals surface area contributed by atoms with Gasteiger partial charge in [0.05, 0.1) is 0 Å². The van der Waals surface area contributed by atoms with Crippen molar-refractivity contribution in [1.82, 2.24) is 10.2 Å². The molecule has 0 aromatic heterocycles. The van der Waals surface area contributed by atoms with Gasteiger partial charge in [-0.05, 0) is 50.3 Å². The first kappa shape index (κ1) is 13.1. The van der Waals surface area contributed by atoms with Crippen molar-refractivity contribution < 1.29 is 0 Å². The number of nitrogens with zero attached hydrogens (tertiary/aromatic N) is 1. The summed E-state index contributed by atoms with van der Waals surface area (Å²) >= 11 is 0. The first-order chi connectivity index (χ1) is 9.22. The Balaban J connectivity index is 1.47. The highest BCUT2D eigenvalue weighted by Gasteiger charge is 2.33. The van der Waals surface area contributed by atoms with E-state index in [-0.39, 0.29) is 0 Å². The molecule has 1 saturated carbocycles. The maximum absolute atomic E-state index is 3.90. The fourth-order valence-corrected chi connectivity index (χ4v) is 3.66. The molecule has 104 valence electrons. The zero-order valence-electron chi connectivity index (χ0n) is 12.2. The monoisotopic (exact) mass is 258 g/mol. The number of hydrogen-bond donors (Lipinski definition) is 1. The molecule has 1 aliphatic carbocycles. The SMILES string of the molecule is CC1CN(C)CCC1NC1CC(c2ccccc2)C1. The normalized spacial score (nSPS) is 35.9. The highest BCUT2D eigenvalue weighted by atomic mass is 15.1. The lowest BCUT2D eigenvalue weighted by Gasteiger charge is -2.43. The molecule has 2 unspecified atom stereocenters. The van der Waals surface area contributed by atoms with Crippen LogP contribution in [0.4, 0.5) is 0 Å². The van der Waals surface area contributed by atoms with E-state index in [1.54, 1.807) is 0 Å². The predicted molar refractivity (Wildman–Crippen MR) is 80.4 cm³/mol. The summed E-state index contributed by atoms with van der Waals surface area (Å²) in [7, 11) is 2.24. The number of benzene rings is 1. The van der Waals surface area contributed by atoms with Gasteiger partial charge in [-0.1, -0.05) is 37.3 Å². The summed E-state index contributed by atoms with van der Waals surface area (Å²) < 4.78 is 0. The van der Waals surface area contributed by atoms with Gasteiger partial charge in [-0.25, -0.2) is 0 Å². The van der Waals surface area contributed by atoms with E-state index in [9.17, 15) is 0 Å². The van der Waals surface area contributed by atoms with Gasteiger partial charge in [-0.3, -0.25) is 0 Å². The van der Waals surface area contributed by atoms with Gasteiger partial charge < -0.3 is 10.2 Å². The topological polar surface area (TPSA) is 15.3 Å². The third-order valence-electron chi connectivity index (χ3n) is 4.97. The third kappa shape index (κ3) is 3.01. The molecule has 2 fully saturated rings. The molecule has 0 bridgehead atoms. The van der Waals surface area contributed by atoms with Gasteiger partial charge in [0.2, 0.25) is 0 Å². The molecule has 1 aromatic carbocycles. The van der Waals surface area contributed by atoms with Crippen molar-refractivity contribution in [1.29, 1.82) is 0 Å². The van der Waals surface area contributed by atoms with Gasteiger partial charge in [0, 0.05) is 18.6 Å². The van der Waals surface area contributed by atoms with Crippen molar-refractivity contribution in [3.63, 3.8) is 0 Å². The van der Waals surface area contributed by atoms with Crippen LogP contribution in [-0.2, 0) is 0 Å². The van der Waals surface area contributed by atoms with Crippen LogP contribution in [0.1, 0.15) is 37.7 Å². The Morgan fingerprint density at radius 1 is 1.16 bits per heavy atom. The minimum Gasteiger partial charge on any atom is -0.311 e. The van der Waals surface area contributed by atoms with Crippen molar-refractivity contribution in [3.8, 4) is 0 Å². The van der Waals surface area contributed by atoms with Crippen LogP contribution in [0.5, 0.6) is 0 Å². The van der Waals surface area contributed by atoms with E-state index < -0.39 is 0 Å². The van der Waals surface area contributed by atoms with Crippen LogP contribution in [0.3, 0.4) is 0 Å². The summed E-state index contributed by atoms with van der Waals surface area (Å²) in [6.45, 7) is 4.88. The van der Waals surface area contributed by atoms with Crippen molar-refractivity contribution in [2.75, 3.05) is 20.1 Å². The Labute approximate surface area is 117 Å². The average Bonchev–Trinajstić information content (AvgIpc) is 2.36. The zero-order valence-corrected chi connectivity index (χ0v) is 12.2. The second-order valence-corrected chi connectivity index (χ2v) is 6.58. The lowest BCUT2D eigenvalue weighted by molar-refractivity contribution is 0.145. The van der Waals surface area contributed by atoms with Gasteiger partial charge in [-0.2, -0.15) is 0 Å². The Morgan fingerprint density at radius 2 is 1.89 bits per heavy atom. The molecule has 1 saturated heterocycles. The van der Waals surface area contributed by atoms with Crippen molar-refractivity contribution in [2.24, 2.45) is 5.92 Å². The van der Waals surface area contributed by atoms with E-state index in [1.165, 1.54) is 37.9 Å². The first-order valence-corrected chi connectivity index (χ1v) is 7.72. The van der Waals surface area contributed by atoms with E-state index >= 15 is 0 Å². The lowest BCUT2D eigenvalue weighted by atomic mass is 9.75. The fraction of sp³-hybridized carbons (Fsp3) is 0.647. The molecule has 1 aromatic rings. The van der Waals surface area contributed by atoms with Gasteiger partial charge in [-0.15, -0.1) is 0 Å². The van der Waals surface area contributed by atoms with E-state index in [0.717, 1.165) is 23.9 Å². The number of nitrogens with one attached hydrogen (secondary N) is 1.